The molecule has 3 aromatic rings. The minimum atomic E-state index is -0.268. The fourth-order valence-electron chi connectivity index (χ4n) is 3.91. The van der Waals surface area contributed by atoms with Crippen LogP contribution in [0.3, 0.4) is 0 Å². The summed E-state index contributed by atoms with van der Waals surface area (Å²) >= 11 is 0. The van der Waals surface area contributed by atoms with Crippen molar-refractivity contribution in [2.75, 3.05) is 25.5 Å². The van der Waals surface area contributed by atoms with Gasteiger partial charge in [-0.25, -0.2) is 4.79 Å². The highest BCUT2D eigenvalue weighted by Gasteiger charge is 2.24. The Morgan fingerprint density at radius 2 is 1.62 bits per heavy atom. The second kappa shape index (κ2) is 11.2. The van der Waals surface area contributed by atoms with Crippen molar-refractivity contribution in [1.82, 2.24) is 10.2 Å². The predicted octanol–water partition coefficient (Wildman–Crippen LogP) is 4.70. The predicted molar refractivity (Wildman–Crippen MR) is 131 cm³/mol. The van der Waals surface area contributed by atoms with Gasteiger partial charge in [0.15, 0.2) is 0 Å². The van der Waals surface area contributed by atoms with Gasteiger partial charge in [0.25, 0.3) is 5.91 Å². The van der Waals surface area contributed by atoms with Crippen LogP contribution >= 0.6 is 0 Å². The van der Waals surface area contributed by atoms with Gasteiger partial charge in [0.1, 0.15) is 17.6 Å². The lowest BCUT2D eigenvalue weighted by Gasteiger charge is -2.32. The lowest BCUT2D eigenvalue weighted by Crippen LogP contribution is -2.43. The van der Waals surface area contributed by atoms with Gasteiger partial charge in [0, 0.05) is 38.2 Å². The number of carbonyl (C=O) groups is 2. The number of benzene rings is 3. The Kier molecular flexibility index (Phi) is 7.65. The molecular weight excluding hydrogens is 430 g/mol. The van der Waals surface area contributed by atoms with Crippen LogP contribution in [0.4, 0.5) is 10.5 Å². The topological polar surface area (TPSA) is 79.9 Å². The molecule has 0 radical (unpaired) electrons. The molecule has 0 bridgehead atoms. The third-order valence-corrected chi connectivity index (χ3v) is 5.77. The van der Waals surface area contributed by atoms with Crippen LogP contribution in [0.25, 0.3) is 0 Å². The average Bonchev–Trinajstić information content (AvgIpc) is 2.89. The van der Waals surface area contributed by atoms with E-state index in [0.29, 0.717) is 36.6 Å². The molecule has 1 aliphatic heterocycles. The van der Waals surface area contributed by atoms with E-state index in [4.69, 9.17) is 9.47 Å². The smallest absolute Gasteiger partial charge is 0.321 e. The molecule has 1 heterocycles. The van der Waals surface area contributed by atoms with E-state index in [9.17, 15) is 9.59 Å². The lowest BCUT2D eigenvalue weighted by molar-refractivity contribution is 0.0947. The zero-order valence-electron chi connectivity index (χ0n) is 19.2. The number of carbonyl (C=O) groups excluding carboxylic acids is 2. The molecule has 34 heavy (non-hydrogen) atoms. The normalized spacial score (nSPS) is 13.7. The molecule has 3 amide bonds. The summed E-state index contributed by atoms with van der Waals surface area (Å²) in [5, 5.41) is 5.81. The number of para-hydroxylation sites is 1. The molecule has 2 N–H and O–H groups in total. The fourth-order valence-corrected chi connectivity index (χ4v) is 3.91. The number of ether oxygens (including phenoxy) is 2. The van der Waals surface area contributed by atoms with E-state index in [1.165, 1.54) is 7.11 Å². The van der Waals surface area contributed by atoms with Crippen LogP contribution in [0, 0.1) is 0 Å². The average molecular weight is 460 g/mol. The molecular formula is C27H29N3O4. The number of hydrogen-bond donors (Lipinski definition) is 2. The number of urea groups is 1. The van der Waals surface area contributed by atoms with Crippen LogP contribution in [0.5, 0.6) is 11.5 Å². The first-order valence-corrected chi connectivity index (χ1v) is 11.4. The van der Waals surface area contributed by atoms with E-state index in [1.54, 1.807) is 23.1 Å². The number of rotatable bonds is 7. The van der Waals surface area contributed by atoms with E-state index < -0.39 is 0 Å². The number of nitrogens with zero attached hydrogens (tertiary/aromatic N) is 1. The van der Waals surface area contributed by atoms with Crippen molar-refractivity contribution >= 4 is 17.6 Å². The maximum Gasteiger partial charge on any atom is 0.321 e. The number of nitrogens with one attached hydrogen (secondary N) is 2. The van der Waals surface area contributed by atoms with Crippen molar-refractivity contribution in [3.05, 3.63) is 90.0 Å². The number of likely N-dealkylation sites (tertiary alicyclic amines) is 1. The molecule has 0 spiro atoms. The van der Waals surface area contributed by atoms with Gasteiger partial charge in [-0.15, -0.1) is 0 Å². The fraction of sp³-hybridized carbons (Fsp3) is 0.259. The quantitative estimate of drug-likeness (QED) is 0.537. The minimum Gasteiger partial charge on any atom is -0.496 e. The molecule has 1 saturated heterocycles. The van der Waals surface area contributed by atoms with Crippen molar-refractivity contribution in [3.8, 4) is 11.5 Å². The van der Waals surface area contributed by atoms with E-state index in [-0.39, 0.29) is 18.0 Å². The maximum atomic E-state index is 12.8. The molecule has 3 aromatic carbocycles. The summed E-state index contributed by atoms with van der Waals surface area (Å²) in [6.07, 6.45) is 1.61. The highest BCUT2D eigenvalue weighted by Crippen LogP contribution is 2.24. The zero-order valence-corrected chi connectivity index (χ0v) is 19.2. The van der Waals surface area contributed by atoms with E-state index >= 15 is 0 Å². The molecule has 1 fully saturated rings. The third kappa shape index (κ3) is 6.07. The van der Waals surface area contributed by atoms with Crippen LogP contribution in [-0.4, -0.2) is 43.1 Å². The van der Waals surface area contributed by atoms with Crippen LogP contribution in [0.15, 0.2) is 78.9 Å². The Balaban J connectivity index is 1.33. The van der Waals surface area contributed by atoms with Gasteiger partial charge in [-0.2, -0.15) is 0 Å². The molecule has 4 rings (SSSR count). The summed E-state index contributed by atoms with van der Waals surface area (Å²) in [6, 6.07) is 24.3. The van der Waals surface area contributed by atoms with E-state index in [2.05, 4.69) is 10.6 Å². The molecule has 0 aliphatic carbocycles. The molecule has 0 saturated carbocycles. The summed E-state index contributed by atoms with van der Waals surface area (Å²) < 4.78 is 11.4. The molecule has 7 nitrogen and oxygen atoms in total. The van der Waals surface area contributed by atoms with Gasteiger partial charge < -0.3 is 25.0 Å². The zero-order chi connectivity index (χ0) is 23.8. The van der Waals surface area contributed by atoms with Gasteiger partial charge in [-0.05, 0) is 35.9 Å². The Morgan fingerprint density at radius 1 is 0.941 bits per heavy atom. The minimum absolute atomic E-state index is 0.0901. The van der Waals surface area contributed by atoms with Crippen molar-refractivity contribution in [3.63, 3.8) is 0 Å². The Labute approximate surface area is 199 Å². The molecule has 1 aliphatic rings. The standard InChI is InChI=1S/C27H29N3O4/c1-33-25-13-12-21(18-24(25)26(31)28-19-20-8-4-2-5-9-20)29-27(32)30-16-14-23(15-17-30)34-22-10-6-3-7-11-22/h2-13,18,23H,14-17,19H2,1H3,(H,28,31)(H,29,32). The first-order valence-electron chi connectivity index (χ1n) is 11.4. The highest BCUT2D eigenvalue weighted by atomic mass is 16.5. The monoisotopic (exact) mass is 459 g/mol. The second-order valence-corrected chi connectivity index (χ2v) is 8.13. The van der Waals surface area contributed by atoms with Crippen molar-refractivity contribution in [2.24, 2.45) is 0 Å². The van der Waals surface area contributed by atoms with Gasteiger partial charge in [-0.3, -0.25) is 4.79 Å². The highest BCUT2D eigenvalue weighted by molar-refractivity contribution is 5.99. The van der Waals surface area contributed by atoms with Crippen LogP contribution in [0.1, 0.15) is 28.8 Å². The number of amides is 3. The van der Waals surface area contributed by atoms with Crippen molar-refractivity contribution < 1.29 is 19.1 Å². The van der Waals surface area contributed by atoms with Gasteiger partial charge >= 0.3 is 6.03 Å². The molecule has 0 unspecified atom stereocenters. The number of methoxy groups -OCH3 is 1. The van der Waals surface area contributed by atoms with Crippen LogP contribution in [-0.2, 0) is 6.54 Å². The Hall–Kier alpha value is -4.00. The molecule has 0 aromatic heterocycles. The Morgan fingerprint density at radius 3 is 2.29 bits per heavy atom. The molecule has 7 heteroatoms. The SMILES string of the molecule is COc1ccc(NC(=O)N2CCC(Oc3ccccc3)CC2)cc1C(=O)NCc1ccccc1. The largest absolute Gasteiger partial charge is 0.496 e. The molecule has 0 atom stereocenters. The van der Waals surface area contributed by atoms with Crippen LogP contribution < -0.4 is 20.1 Å². The van der Waals surface area contributed by atoms with Crippen molar-refractivity contribution in [2.45, 2.75) is 25.5 Å². The van der Waals surface area contributed by atoms with Crippen LogP contribution in [0.2, 0.25) is 0 Å². The Bertz CT molecular complexity index is 1100. The summed E-state index contributed by atoms with van der Waals surface area (Å²) in [4.78, 5) is 27.4. The second-order valence-electron chi connectivity index (χ2n) is 8.13. The summed E-state index contributed by atoms with van der Waals surface area (Å²) in [5.74, 6) is 1.03. The van der Waals surface area contributed by atoms with Gasteiger partial charge in [0.2, 0.25) is 0 Å². The molecule has 176 valence electrons. The third-order valence-electron chi connectivity index (χ3n) is 5.77. The lowest BCUT2D eigenvalue weighted by atomic mass is 10.1. The number of piperidine rings is 1. The van der Waals surface area contributed by atoms with Crippen molar-refractivity contribution in [1.29, 1.82) is 0 Å². The number of anilines is 1. The van der Waals surface area contributed by atoms with Gasteiger partial charge in [0.05, 0.1) is 12.7 Å². The first-order chi connectivity index (χ1) is 16.6. The maximum absolute atomic E-state index is 12.8. The summed E-state index contributed by atoms with van der Waals surface area (Å²) in [5.41, 5.74) is 1.91. The first kappa shape index (κ1) is 23.2. The van der Waals surface area contributed by atoms with E-state index in [0.717, 1.165) is 24.2 Å². The summed E-state index contributed by atoms with van der Waals surface area (Å²) in [7, 11) is 1.52. The summed E-state index contributed by atoms with van der Waals surface area (Å²) in [6.45, 7) is 1.60. The van der Waals surface area contributed by atoms with Gasteiger partial charge in [-0.1, -0.05) is 48.5 Å². The van der Waals surface area contributed by atoms with E-state index in [1.807, 2.05) is 60.7 Å². The number of hydrogen-bond acceptors (Lipinski definition) is 4.